The average Bonchev–Trinajstić information content (AvgIpc) is 3.56. The molecule has 3 atom stereocenters. The summed E-state index contributed by atoms with van der Waals surface area (Å²) in [6.07, 6.45) is 4.83. The Kier molecular flexibility index (Phi) is 5.75. The summed E-state index contributed by atoms with van der Waals surface area (Å²) in [5.74, 6) is -0.615. The third kappa shape index (κ3) is 4.02. The fraction of sp³-hybridized carbons (Fsp3) is 0.615. The lowest BCUT2D eigenvalue weighted by Crippen LogP contribution is -2.57. The van der Waals surface area contributed by atoms with Crippen molar-refractivity contribution in [1.82, 2.24) is 20.0 Å². The van der Waals surface area contributed by atoms with Gasteiger partial charge in [-0.3, -0.25) is 14.3 Å². The number of hydrogen-bond acceptors (Lipinski definition) is 5. The normalized spacial score (nSPS) is 26.2. The van der Waals surface area contributed by atoms with Crippen LogP contribution in [0.5, 0.6) is 0 Å². The van der Waals surface area contributed by atoms with Crippen molar-refractivity contribution in [3.8, 4) is 6.07 Å². The van der Waals surface area contributed by atoms with Gasteiger partial charge in [0.2, 0.25) is 11.8 Å². The minimum absolute atomic E-state index is 0.0615. The van der Waals surface area contributed by atoms with Crippen molar-refractivity contribution in [1.29, 1.82) is 5.26 Å². The molecule has 1 aliphatic heterocycles. The summed E-state index contributed by atoms with van der Waals surface area (Å²) in [5.41, 5.74) is 2.61. The van der Waals surface area contributed by atoms with E-state index in [4.69, 9.17) is 0 Å². The Balaban J connectivity index is 1.27. The predicted molar refractivity (Wildman–Crippen MR) is 130 cm³/mol. The van der Waals surface area contributed by atoms with Crippen LogP contribution in [-0.4, -0.2) is 57.7 Å². The number of hydrogen-bond donors (Lipinski definition) is 1. The summed E-state index contributed by atoms with van der Waals surface area (Å²) >= 11 is 0. The first-order valence-electron chi connectivity index (χ1n) is 12.5. The number of fused-ring (bicyclic) bond motifs is 1. The number of carbonyl (C=O) groups is 2. The Bertz CT molecular complexity index is 1160. The summed E-state index contributed by atoms with van der Waals surface area (Å²) in [7, 11) is 1.96. The second-order valence-electron chi connectivity index (χ2n) is 10.4. The van der Waals surface area contributed by atoms with Gasteiger partial charge in [0.1, 0.15) is 5.54 Å². The standard InChI is InChI=1S/C26H34N6O2/c1-17-15-31(19-8-9-23-22(14-19)18(2)29-30(23)3)12-13-32(17)25(34)21-7-5-4-6-20(21)24(33)28-26(16-27)10-11-26/h8-9,14,17,20-21H,4-7,10-13,15H2,1-3H3,(H,28,33)/t17-,20-,21-/m1/s1. The fourth-order valence-electron chi connectivity index (χ4n) is 5.82. The Labute approximate surface area is 200 Å². The SMILES string of the molecule is Cc1nn(C)c2ccc(N3CCN(C(=O)[C@@H]4CCCC[C@H]4C(=O)NC4(C#N)CC4)[C@H](C)C3)cc12. The summed E-state index contributed by atoms with van der Waals surface area (Å²) < 4.78 is 1.91. The summed E-state index contributed by atoms with van der Waals surface area (Å²) in [6.45, 7) is 6.31. The zero-order valence-electron chi connectivity index (χ0n) is 20.4. The molecule has 180 valence electrons. The molecule has 2 amide bonds. The molecule has 2 heterocycles. The van der Waals surface area contributed by atoms with E-state index in [-0.39, 0.29) is 29.7 Å². The van der Waals surface area contributed by atoms with Gasteiger partial charge in [-0.1, -0.05) is 12.8 Å². The van der Waals surface area contributed by atoms with E-state index in [9.17, 15) is 14.9 Å². The molecule has 1 N–H and O–H groups in total. The highest BCUT2D eigenvalue weighted by Gasteiger charge is 2.48. The van der Waals surface area contributed by atoms with E-state index in [2.05, 4.69) is 46.5 Å². The van der Waals surface area contributed by atoms with E-state index < -0.39 is 5.54 Å². The Hall–Kier alpha value is -3.08. The molecule has 1 aromatic heterocycles. The number of amides is 2. The highest BCUT2D eigenvalue weighted by Crippen LogP contribution is 2.38. The van der Waals surface area contributed by atoms with Gasteiger partial charge in [0.25, 0.3) is 0 Å². The second-order valence-corrected chi connectivity index (χ2v) is 10.4. The van der Waals surface area contributed by atoms with Crippen molar-refractivity contribution in [2.45, 2.75) is 64.0 Å². The zero-order valence-corrected chi connectivity index (χ0v) is 20.4. The van der Waals surface area contributed by atoms with E-state index in [1.807, 2.05) is 23.6 Å². The minimum atomic E-state index is -0.686. The van der Waals surface area contributed by atoms with Crippen molar-refractivity contribution in [2.75, 3.05) is 24.5 Å². The summed E-state index contributed by atoms with van der Waals surface area (Å²) in [6, 6.07) is 8.75. The Morgan fingerprint density at radius 2 is 1.91 bits per heavy atom. The molecule has 0 bridgehead atoms. The van der Waals surface area contributed by atoms with Crippen LogP contribution >= 0.6 is 0 Å². The molecule has 1 aromatic carbocycles. The van der Waals surface area contributed by atoms with E-state index in [1.165, 1.54) is 0 Å². The molecule has 0 radical (unpaired) electrons. The number of nitrogens with one attached hydrogen (secondary N) is 1. The molecule has 8 nitrogen and oxygen atoms in total. The average molecular weight is 463 g/mol. The van der Waals surface area contributed by atoms with Crippen LogP contribution in [0, 0.1) is 30.1 Å². The number of rotatable bonds is 4. The van der Waals surface area contributed by atoms with Crippen molar-refractivity contribution in [3.05, 3.63) is 23.9 Å². The minimum Gasteiger partial charge on any atom is -0.368 e. The van der Waals surface area contributed by atoms with Gasteiger partial charge in [-0.05, 0) is 57.7 Å². The van der Waals surface area contributed by atoms with Crippen molar-refractivity contribution >= 4 is 28.4 Å². The molecule has 2 aliphatic carbocycles. The van der Waals surface area contributed by atoms with Gasteiger partial charge in [-0.25, -0.2) is 0 Å². The van der Waals surface area contributed by atoms with Crippen LogP contribution < -0.4 is 10.2 Å². The van der Waals surface area contributed by atoms with Gasteiger partial charge in [0.15, 0.2) is 0 Å². The molecule has 5 rings (SSSR count). The van der Waals surface area contributed by atoms with Crippen LogP contribution in [-0.2, 0) is 16.6 Å². The molecular formula is C26H34N6O2. The maximum atomic E-state index is 13.6. The highest BCUT2D eigenvalue weighted by atomic mass is 16.2. The maximum Gasteiger partial charge on any atom is 0.226 e. The van der Waals surface area contributed by atoms with E-state index in [1.54, 1.807) is 0 Å². The molecule has 0 unspecified atom stereocenters. The van der Waals surface area contributed by atoms with Gasteiger partial charge in [-0.2, -0.15) is 10.4 Å². The van der Waals surface area contributed by atoms with Crippen LogP contribution in [0.3, 0.4) is 0 Å². The largest absolute Gasteiger partial charge is 0.368 e. The lowest BCUT2D eigenvalue weighted by Gasteiger charge is -2.43. The van der Waals surface area contributed by atoms with Crippen molar-refractivity contribution in [3.63, 3.8) is 0 Å². The number of nitrogens with zero attached hydrogens (tertiary/aromatic N) is 5. The zero-order chi connectivity index (χ0) is 24.0. The van der Waals surface area contributed by atoms with Crippen molar-refractivity contribution in [2.24, 2.45) is 18.9 Å². The molecule has 1 saturated heterocycles. The number of aromatic nitrogens is 2. The highest BCUT2D eigenvalue weighted by molar-refractivity contribution is 5.89. The molecule has 3 fully saturated rings. The second kappa shape index (κ2) is 8.61. The smallest absolute Gasteiger partial charge is 0.226 e. The van der Waals surface area contributed by atoms with Crippen LogP contribution in [0.4, 0.5) is 5.69 Å². The monoisotopic (exact) mass is 462 g/mol. The Morgan fingerprint density at radius 1 is 1.18 bits per heavy atom. The summed E-state index contributed by atoms with van der Waals surface area (Å²) in [4.78, 5) is 31.0. The fourth-order valence-corrected chi connectivity index (χ4v) is 5.82. The Morgan fingerprint density at radius 3 is 2.59 bits per heavy atom. The van der Waals surface area contributed by atoms with E-state index in [0.29, 0.717) is 19.4 Å². The van der Waals surface area contributed by atoms with Gasteiger partial charge in [-0.15, -0.1) is 0 Å². The molecular weight excluding hydrogens is 428 g/mol. The number of nitriles is 1. The quantitative estimate of drug-likeness (QED) is 0.754. The number of benzene rings is 1. The first-order chi connectivity index (χ1) is 16.3. The number of anilines is 1. The molecule has 2 saturated carbocycles. The van der Waals surface area contributed by atoms with Gasteiger partial charge >= 0.3 is 0 Å². The first-order valence-corrected chi connectivity index (χ1v) is 12.5. The lowest BCUT2D eigenvalue weighted by atomic mass is 9.77. The van der Waals surface area contributed by atoms with Crippen LogP contribution in [0.1, 0.15) is 51.1 Å². The predicted octanol–water partition coefficient (Wildman–Crippen LogP) is 2.90. The topological polar surface area (TPSA) is 94.3 Å². The molecule has 0 spiro atoms. The van der Waals surface area contributed by atoms with Crippen LogP contribution in [0.15, 0.2) is 18.2 Å². The van der Waals surface area contributed by atoms with Crippen LogP contribution in [0.25, 0.3) is 10.9 Å². The molecule has 34 heavy (non-hydrogen) atoms. The lowest BCUT2D eigenvalue weighted by molar-refractivity contribution is -0.145. The van der Waals surface area contributed by atoms with E-state index >= 15 is 0 Å². The number of aryl methyl sites for hydroxylation is 2. The molecule has 8 heteroatoms. The number of carbonyl (C=O) groups excluding carboxylic acids is 2. The van der Waals surface area contributed by atoms with Gasteiger partial charge < -0.3 is 15.1 Å². The number of piperazine rings is 1. The third-order valence-corrected chi connectivity index (χ3v) is 8.04. The summed E-state index contributed by atoms with van der Waals surface area (Å²) in [5, 5.41) is 18.0. The maximum absolute atomic E-state index is 13.6. The van der Waals surface area contributed by atoms with E-state index in [0.717, 1.165) is 61.1 Å². The third-order valence-electron chi connectivity index (χ3n) is 8.04. The van der Waals surface area contributed by atoms with Gasteiger partial charge in [0.05, 0.1) is 17.3 Å². The first kappa shape index (κ1) is 22.7. The van der Waals surface area contributed by atoms with Crippen molar-refractivity contribution < 1.29 is 9.59 Å². The molecule has 2 aromatic rings. The van der Waals surface area contributed by atoms with Crippen LogP contribution in [0.2, 0.25) is 0 Å². The molecule has 3 aliphatic rings. The van der Waals surface area contributed by atoms with Gasteiger partial charge in [0, 0.05) is 55.6 Å².